The first kappa shape index (κ1) is 9.97. The molecule has 0 aromatic heterocycles. The van der Waals surface area contributed by atoms with Crippen molar-refractivity contribution in [2.45, 2.75) is 43.7 Å². The smallest absolute Gasteiger partial charge is 0.157 e. The van der Waals surface area contributed by atoms with Gasteiger partial charge in [-0.25, -0.2) is 0 Å². The van der Waals surface area contributed by atoms with Crippen molar-refractivity contribution in [3.63, 3.8) is 0 Å². The Hall–Kier alpha value is -0.220. The summed E-state index contributed by atoms with van der Waals surface area (Å²) in [5.74, 6) is 1.15. The molecule has 4 heteroatoms. The lowest BCUT2D eigenvalue weighted by Crippen LogP contribution is -2.35. The van der Waals surface area contributed by atoms with Gasteiger partial charge >= 0.3 is 0 Å². The topological polar surface area (TPSA) is 33.6 Å². The summed E-state index contributed by atoms with van der Waals surface area (Å²) in [6.45, 7) is 4.05. The van der Waals surface area contributed by atoms with Gasteiger partial charge in [0.25, 0.3) is 0 Å². The summed E-state index contributed by atoms with van der Waals surface area (Å²) < 4.78 is 5.41. The van der Waals surface area contributed by atoms with Gasteiger partial charge in [-0.05, 0) is 32.6 Å². The van der Waals surface area contributed by atoms with Crippen molar-refractivity contribution in [1.29, 1.82) is 0 Å². The molecule has 3 aliphatic rings. The van der Waals surface area contributed by atoms with Crippen LogP contribution < -0.4 is 5.32 Å². The third-order valence-corrected chi connectivity index (χ3v) is 4.80. The monoisotopic (exact) mass is 226 g/mol. The fourth-order valence-electron chi connectivity index (χ4n) is 2.12. The molecule has 1 aliphatic carbocycles. The SMILES string of the molecule is CC1(NC2=NC3(CCOCC3)CS2)CC1. The lowest BCUT2D eigenvalue weighted by Gasteiger charge is -2.29. The Morgan fingerprint density at radius 3 is 2.67 bits per heavy atom. The Kier molecular flexibility index (Phi) is 2.25. The van der Waals surface area contributed by atoms with Crippen molar-refractivity contribution in [2.75, 3.05) is 19.0 Å². The molecule has 0 amide bonds. The predicted molar refractivity (Wildman–Crippen MR) is 63.5 cm³/mol. The van der Waals surface area contributed by atoms with Crippen LogP contribution in [-0.4, -0.2) is 35.2 Å². The first-order valence-electron chi connectivity index (χ1n) is 5.79. The normalized spacial score (nSPS) is 31.4. The van der Waals surface area contributed by atoms with Crippen molar-refractivity contribution >= 4 is 16.9 Å². The molecular formula is C11H18N2OS. The number of hydrogen-bond donors (Lipinski definition) is 1. The van der Waals surface area contributed by atoms with Crippen LogP contribution in [0.25, 0.3) is 0 Å². The molecular weight excluding hydrogens is 208 g/mol. The molecule has 0 aromatic carbocycles. The molecule has 2 heterocycles. The van der Waals surface area contributed by atoms with Gasteiger partial charge in [0.2, 0.25) is 0 Å². The quantitative estimate of drug-likeness (QED) is 0.740. The van der Waals surface area contributed by atoms with E-state index in [0.717, 1.165) is 31.8 Å². The summed E-state index contributed by atoms with van der Waals surface area (Å²) in [6, 6.07) is 0. The molecule has 0 aromatic rings. The second-order valence-electron chi connectivity index (χ2n) is 5.23. The minimum atomic E-state index is 0.205. The van der Waals surface area contributed by atoms with Crippen LogP contribution in [0.4, 0.5) is 0 Å². The number of aliphatic imine (C=N–C) groups is 1. The molecule has 0 atom stereocenters. The standard InChI is InChI=1S/C11H18N2OS/c1-10(2-3-10)12-9-13-11(8-15-9)4-6-14-7-5-11/h2-8H2,1H3,(H,12,13). The summed E-state index contributed by atoms with van der Waals surface area (Å²) in [6.07, 6.45) is 4.79. The first-order valence-corrected chi connectivity index (χ1v) is 6.77. The minimum Gasteiger partial charge on any atom is -0.381 e. The Labute approximate surface area is 95.1 Å². The highest BCUT2D eigenvalue weighted by atomic mass is 32.2. The number of nitrogens with one attached hydrogen (secondary N) is 1. The summed E-state index contributed by atoms with van der Waals surface area (Å²) in [5.41, 5.74) is 0.568. The number of nitrogens with zero attached hydrogens (tertiary/aromatic N) is 1. The molecule has 0 bridgehead atoms. The summed E-state index contributed by atoms with van der Waals surface area (Å²) in [5, 5.41) is 4.75. The summed E-state index contributed by atoms with van der Waals surface area (Å²) in [4.78, 5) is 4.89. The van der Waals surface area contributed by atoms with E-state index in [1.165, 1.54) is 18.0 Å². The zero-order valence-electron chi connectivity index (χ0n) is 9.21. The molecule has 15 heavy (non-hydrogen) atoms. The van der Waals surface area contributed by atoms with E-state index in [9.17, 15) is 0 Å². The molecule has 3 nitrogen and oxygen atoms in total. The Morgan fingerprint density at radius 2 is 2.00 bits per heavy atom. The van der Waals surface area contributed by atoms with Gasteiger partial charge in [0.05, 0.1) is 5.54 Å². The lowest BCUT2D eigenvalue weighted by molar-refractivity contribution is 0.0624. The van der Waals surface area contributed by atoms with Gasteiger partial charge in [0.15, 0.2) is 5.17 Å². The van der Waals surface area contributed by atoms with Crippen LogP contribution >= 0.6 is 11.8 Å². The van der Waals surface area contributed by atoms with Crippen LogP contribution in [0.3, 0.4) is 0 Å². The van der Waals surface area contributed by atoms with E-state index in [2.05, 4.69) is 12.2 Å². The van der Waals surface area contributed by atoms with Gasteiger partial charge in [0, 0.05) is 24.5 Å². The Bertz CT molecular complexity index is 293. The molecule has 3 rings (SSSR count). The average molecular weight is 226 g/mol. The molecule has 1 N–H and O–H groups in total. The molecule has 84 valence electrons. The van der Waals surface area contributed by atoms with Gasteiger partial charge < -0.3 is 10.1 Å². The number of ether oxygens (including phenoxy) is 1. The van der Waals surface area contributed by atoms with E-state index in [0.29, 0.717) is 5.54 Å². The van der Waals surface area contributed by atoms with Crippen LogP contribution in [0.15, 0.2) is 4.99 Å². The highest BCUT2D eigenvalue weighted by Crippen LogP contribution is 2.39. The second-order valence-corrected chi connectivity index (χ2v) is 6.19. The van der Waals surface area contributed by atoms with Crippen molar-refractivity contribution in [1.82, 2.24) is 5.32 Å². The first-order chi connectivity index (χ1) is 7.20. The maximum absolute atomic E-state index is 5.41. The van der Waals surface area contributed by atoms with Gasteiger partial charge in [-0.2, -0.15) is 0 Å². The highest BCUT2D eigenvalue weighted by molar-refractivity contribution is 8.14. The zero-order valence-corrected chi connectivity index (χ0v) is 10.0. The number of rotatable bonds is 1. The van der Waals surface area contributed by atoms with Crippen molar-refractivity contribution in [2.24, 2.45) is 4.99 Å². The van der Waals surface area contributed by atoms with Gasteiger partial charge in [-0.1, -0.05) is 11.8 Å². The Balaban J connectivity index is 1.68. The molecule has 0 unspecified atom stereocenters. The van der Waals surface area contributed by atoms with Gasteiger partial charge in [-0.3, -0.25) is 4.99 Å². The van der Waals surface area contributed by atoms with Crippen LogP contribution in [0.5, 0.6) is 0 Å². The molecule has 1 spiro atoms. The lowest BCUT2D eigenvalue weighted by atomic mass is 9.93. The molecule has 2 aliphatic heterocycles. The molecule has 1 saturated carbocycles. The number of hydrogen-bond acceptors (Lipinski definition) is 4. The zero-order chi connectivity index (χ0) is 10.4. The van der Waals surface area contributed by atoms with E-state index in [4.69, 9.17) is 9.73 Å². The highest BCUT2D eigenvalue weighted by Gasteiger charge is 2.42. The van der Waals surface area contributed by atoms with Crippen LogP contribution in [0, 0.1) is 0 Å². The molecule has 0 radical (unpaired) electrons. The van der Waals surface area contributed by atoms with Gasteiger partial charge in [0.1, 0.15) is 0 Å². The third kappa shape index (κ3) is 2.02. The van der Waals surface area contributed by atoms with E-state index < -0.39 is 0 Å². The average Bonchev–Trinajstić information content (AvgIpc) is 2.83. The summed E-state index contributed by atoms with van der Waals surface area (Å²) in [7, 11) is 0. The van der Waals surface area contributed by atoms with E-state index >= 15 is 0 Å². The fourth-order valence-corrected chi connectivity index (χ4v) is 3.46. The van der Waals surface area contributed by atoms with Crippen molar-refractivity contribution in [3.8, 4) is 0 Å². The minimum absolute atomic E-state index is 0.205. The molecule has 1 saturated heterocycles. The number of amidine groups is 1. The van der Waals surface area contributed by atoms with Crippen LogP contribution in [0.1, 0.15) is 32.6 Å². The molecule has 2 fully saturated rings. The second kappa shape index (κ2) is 3.39. The fraction of sp³-hybridized carbons (Fsp3) is 0.909. The van der Waals surface area contributed by atoms with Crippen molar-refractivity contribution in [3.05, 3.63) is 0 Å². The maximum Gasteiger partial charge on any atom is 0.157 e. The van der Waals surface area contributed by atoms with Crippen molar-refractivity contribution < 1.29 is 4.74 Å². The Morgan fingerprint density at radius 1 is 1.27 bits per heavy atom. The van der Waals surface area contributed by atoms with Crippen LogP contribution in [0.2, 0.25) is 0 Å². The summed E-state index contributed by atoms with van der Waals surface area (Å²) >= 11 is 1.90. The van der Waals surface area contributed by atoms with Gasteiger partial charge in [-0.15, -0.1) is 0 Å². The largest absolute Gasteiger partial charge is 0.381 e. The van der Waals surface area contributed by atoms with E-state index in [1.54, 1.807) is 0 Å². The van der Waals surface area contributed by atoms with Crippen LogP contribution in [-0.2, 0) is 4.74 Å². The maximum atomic E-state index is 5.41. The third-order valence-electron chi connectivity index (χ3n) is 3.65. The predicted octanol–water partition coefficient (Wildman–Crippen LogP) is 1.78. The number of thioether (sulfide) groups is 1. The van der Waals surface area contributed by atoms with E-state index in [-0.39, 0.29) is 5.54 Å². The van der Waals surface area contributed by atoms with E-state index in [1.807, 2.05) is 11.8 Å².